The van der Waals surface area contributed by atoms with Gasteiger partial charge in [0.05, 0.1) is 6.10 Å². The van der Waals surface area contributed by atoms with Crippen molar-refractivity contribution in [3.63, 3.8) is 0 Å². The van der Waals surface area contributed by atoms with Gasteiger partial charge in [0.25, 0.3) is 0 Å². The maximum Gasteiger partial charge on any atom is 0.126 e. The predicted octanol–water partition coefficient (Wildman–Crippen LogP) is 1.99. The minimum atomic E-state index is -0.108. The van der Waals surface area contributed by atoms with E-state index in [-0.39, 0.29) is 11.9 Å². The number of nitrogens with one attached hydrogen (secondary N) is 1. The second-order valence-electron chi connectivity index (χ2n) is 4.32. The molecule has 88 valence electrons. The Labute approximate surface area is 95.8 Å². The van der Waals surface area contributed by atoms with Gasteiger partial charge in [0.2, 0.25) is 0 Å². The molecular formula is C13H18FNO. The highest BCUT2D eigenvalue weighted by atomic mass is 19.1. The summed E-state index contributed by atoms with van der Waals surface area (Å²) in [6.45, 7) is 1.90. The van der Waals surface area contributed by atoms with E-state index in [9.17, 15) is 4.39 Å². The van der Waals surface area contributed by atoms with Gasteiger partial charge in [0.1, 0.15) is 5.82 Å². The van der Waals surface area contributed by atoms with Gasteiger partial charge in [-0.3, -0.25) is 0 Å². The summed E-state index contributed by atoms with van der Waals surface area (Å²) in [5, 5.41) is 3.34. The van der Waals surface area contributed by atoms with Crippen molar-refractivity contribution >= 4 is 0 Å². The van der Waals surface area contributed by atoms with Crippen molar-refractivity contribution < 1.29 is 9.13 Å². The Morgan fingerprint density at radius 2 is 2.25 bits per heavy atom. The first-order valence-corrected chi connectivity index (χ1v) is 5.78. The molecule has 1 aromatic rings. The molecule has 1 aliphatic heterocycles. The van der Waals surface area contributed by atoms with Gasteiger partial charge in [-0.1, -0.05) is 18.2 Å². The molecule has 1 N–H and O–H groups in total. The Morgan fingerprint density at radius 1 is 1.44 bits per heavy atom. The molecule has 1 heterocycles. The molecular weight excluding hydrogens is 205 g/mol. The molecule has 0 bridgehead atoms. The summed E-state index contributed by atoms with van der Waals surface area (Å²) in [6.07, 6.45) is 2.01. The standard InChI is InChI=1S/C13H18FNO/c1-16-13-6-7-15-9-11(13)8-10-4-2-3-5-12(10)14/h2-5,11,13,15H,6-9H2,1H3. The van der Waals surface area contributed by atoms with E-state index in [4.69, 9.17) is 4.74 Å². The Morgan fingerprint density at radius 3 is 3.00 bits per heavy atom. The molecule has 2 unspecified atom stereocenters. The topological polar surface area (TPSA) is 21.3 Å². The molecule has 2 rings (SSSR count). The van der Waals surface area contributed by atoms with Crippen LogP contribution in [-0.4, -0.2) is 26.3 Å². The summed E-state index contributed by atoms with van der Waals surface area (Å²) in [6, 6.07) is 6.99. The van der Waals surface area contributed by atoms with Crippen molar-refractivity contribution in [2.45, 2.75) is 18.9 Å². The quantitative estimate of drug-likeness (QED) is 0.846. The SMILES string of the molecule is COC1CCNCC1Cc1ccccc1F. The normalized spacial score (nSPS) is 25.6. The van der Waals surface area contributed by atoms with Crippen LogP contribution in [0.2, 0.25) is 0 Å². The maximum absolute atomic E-state index is 13.5. The molecule has 1 aromatic carbocycles. The van der Waals surface area contributed by atoms with Crippen molar-refractivity contribution in [2.75, 3.05) is 20.2 Å². The third-order valence-electron chi connectivity index (χ3n) is 3.28. The first kappa shape index (κ1) is 11.6. The van der Waals surface area contributed by atoms with Crippen LogP contribution in [0.25, 0.3) is 0 Å². The van der Waals surface area contributed by atoms with Crippen LogP contribution >= 0.6 is 0 Å². The Balaban J connectivity index is 2.05. The van der Waals surface area contributed by atoms with E-state index in [1.54, 1.807) is 13.2 Å². The number of rotatable bonds is 3. The Hall–Kier alpha value is -0.930. The van der Waals surface area contributed by atoms with Gasteiger partial charge in [-0.25, -0.2) is 4.39 Å². The molecule has 2 atom stereocenters. The lowest BCUT2D eigenvalue weighted by Gasteiger charge is -2.31. The number of piperidine rings is 1. The van der Waals surface area contributed by atoms with Crippen molar-refractivity contribution in [2.24, 2.45) is 5.92 Å². The Bertz CT molecular complexity index is 342. The first-order chi connectivity index (χ1) is 7.81. The molecule has 0 saturated carbocycles. The fourth-order valence-corrected chi connectivity index (χ4v) is 2.36. The molecule has 1 saturated heterocycles. The van der Waals surface area contributed by atoms with Gasteiger partial charge in [-0.05, 0) is 31.0 Å². The van der Waals surface area contributed by atoms with Crippen LogP contribution in [0.4, 0.5) is 4.39 Å². The lowest BCUT2D eigenvalue weighted by Crippen LogP contribution is -2.42. The van der Waals surface area contributed by atoms with E-state index in [1.165, 1.54) is 6.07 Å². The third kappa shape index (κ3) is 2.60. The van der Waals surface area contributed by atoms with Gasteiger partial charge >= 0.3 is 0 Å². The van der Waals surface area contributed by atoms with Crippen LogP contribution in [0, 0.1) is 11.7 Å². The molecule has 3 heteroatoms. The van der Waals surface area contributed by atoms with Crippen molar-refractivity contribution in [3.8, 4) is 0 Å². The molecule has 0 radical (unpaired) electrons. The monoisotopic (exact) mass is 223 g/mol. The number of hydrogen-bond acceptors (Lipinski definition) is 2. The van der Waals surface area contributed by atoms with Crippen LogP contribution in [-0.2, 0) is 11.2 Å². The zero-order valence-electron chi connectivity index (χ0n) is 9.58. The van der Waals surface area contributed by atoms with Gasteiger partial charge < -0.3 is 10.1 Å². The van der Waals surface area contributed by atoms with E-state index < -0.39 is 0 Å². The molecule has 0 aromatic heterocycles. The number of methoxy groups -OCH3 is 1. The molecule has 0 amide bonds. The van der Waals surface area contributed by atoms with Crippen molar-refractivity contribution in [3.05, 3.63) is 35.6 Å². The van der Waals surface area contributed by atoms with E-state index in [1.807, 2.05) is 12.1 Å². The average Bonchev–Trinajstić information content (AvgIpc) is 2.33. The fourth-order valence-electron chi connectivity index (χ4n) is 2.36. The highest BCUT2D eigenvalue weighted by Gasteiger charge is 2.25. The lowest BCUT2D eigenvalue weighted by molar-refractivity contribution is 0.0308. The largest absolute Gasteiger partial charge is 0.381 e. The maximum atomic E-state index is 13.5. The molecule has 16 heavy (non-hydrogen) atoms. The van der Waals surface area contributed by atoms with Gasteiger partial charge in [0, 0.05) is 19.6 Å². The second-order valence-corrected chi connectivity index (χ2v) is 4.32. The number of ether oxygens (including phenoxy) is 1. The number of halogens is 1. The number of hydrogen-bond donors (Lipinski definition) is 1. The van der Waals surface area contributed by atoms with Gasteiger partial charge in [-0.2, -0.15) is 0 Å². The van der Waals surface area contributed by atoms with Gasteiger partial charge in [-0.15, -0.1) is 0 Å². The summed E-state index contributed by atoms with van der Waals surface area (Å²) in [5.74, 6) is 0.263. The molecule has 0 spiro atoms. The fraction of sp³-hybridized carbons (Fsp3) is 0.538. The van der Waals surface area contributed by atoms with E-state index in [2.05, 4.69) is 5.32 Å². The predicted molar refractivity (Wildman–Crippen MR) is 61.9 cm³/mol. The van der Waals surface area contributed by atoms with Crippen LogP contribution in [0.15, 0.2) is 24.3 Å². The average molecular weight is 223 g/mol. The van der Waals surface area contributed by atoms with Crippen LogP contribution in [0.3, 0.4) is 0 Å². The zero-order valence-corrected chi connectivity index (χ0v) is 9.58. The minimum Gasteiger partial charge on any atom is -0.381 e. The van der Waals surface area contributed by atoms with Gasteiger partial charge in [0.15, 0.2) is 0 Å². The summed E-state index contributed by atoms with van der Waals surface area (Å²) < 4.78 is 19.0. The molecule has 0 aliphatic carbocycles. The number of benzene rings is 1. The minimum absolute atomic E-state index is 0.108. The third-order valence-corrected chi connectivity index (χ3v) is 3.28. The zero-order chi connectivity index (χ0) is 11.4. The van der Waals surface area contributed by atoms with E-state index >= 15 is 0 Å². The van der Waals surface area contributed by atoms with Crippen LogP contribution < -0.4 is 5.32 Å². The van der Waals surface area contributed by atoms with E-state index in [0.717, 1.165) is 31.5 Å². The summed E-state index contributed by atoms with van der Waals surface area (Å²) >= 11 is 0. The highest BCUT2D eigenvalue weighted by Crippen LogP contribution is 2.20. The highest BCUT2D eigenvalue weighted by molar-refractivity contribution is 5.18. The smallest absolute Gasteiger partial charge is 0.126 e. The van der Waals surface area contributed by atoms with Crippen molar-refractivity contribution in [1.82, 2.24) is 5.32 Å². The molecule has 2 nitrogen and oxygen atoms in total. The summed E-state index contributed by atoms with van der Waals surface area (Å²) in [4.78, 5) is 0. The lowest BCUT2D eigenvalue weighted by atomic mass is 9.89. The van der Waals surface area contributed by atoms with E-state index in [0.29, 0.717) is 5.92 Å². The second kappa shape index (κ2) is 5.41. The van der Waals surface area contributed by atoms with Crippen LogP contribution in [0.1, 0.15) is 12.0 Å². The van der Waals surface area contributed by atoms with Crippen molar-refractivity contribution in [1.29, 1.82) is 0 Å². The molecule has 1 fully saturated rings. The molecule has 1 aliphatic rings. The Kier molecular flexibility index (Phi) is 3.91. The summed E-state index contributed by atoms with van der Waals surface area (Å²) in [7, 11) is 1.74. The summed E-state index contributed by atoms with van der Waals surface area (Å²) in [5.41, 5.74) is 0.790. The first-order valence-electron chi connectivity index (χ1n) is 5.78. The van der Waals surface area contributed by atoms with Crippen LogP contribution in [0.5, 0.6) is 0 Å².